The molecule has 5 nitrogen and oxygen atoms in total. The van der Waals surface area contributed by atoms with Gasteiger partial charge in [-0.2, -0.15) is 0 Å². The minimum atomic E-state index is -0.495. The van der Waals surface area contributed by atoms with Gasteiger partial charge in [-0.3, -0.25) is 9.69 Å². The minimum absolute atomic E-state index is 0.0711. The monoisotopic (exact) mass is 249 g/mol. The van der Waals surface area contributed by atoms with Crippen LogP contribution in [0.5, 0.6) is 5.75 Å². The molecule has 5 heteroatoms. The molecule has 18 heavy (non-hydrogen) atoms. The third-order valence-corrected chi connectivity index (χ3v) is 2.86. The quantitative estimate of drug-likeness (QED) is 0.597. The Bertz CT molecular complexity index is 455. The predicted molar refractivity (Wildman–Crippen MR) is 65.5 cm³/mol. The molecule has 0 spiro atoms. The molecule has 1 aliphatic heterocycles. The number of methoxy groups -OCH3 is 1. The van der Waals surface area contributed by atoms with Crippen LogP contribution in [0.1, 0.15) is 13.3 Å². The fraction of sp³-hybridized carbons (Fsp3) is 0.385. The average Bonchev–Trinajstić information content (AvgIpc) is 2.37. The number of carbonyl (C=O) groups is 2. The summed E-state index contributed by atoms with van der Waals surface area (Å²) < 4.78 is 9.98. The van der Waals surface area contributed by atoms with Crippen molar-refractivity contribution in [1.29, 1.82) is 0 Å². The van der Waals surface area contributed by atoms with Crippen molar-refractivity contribution >= 4 is 17.6 Å². The lowest BCUT2D eigenvalue weighted by Crippen LogP contribution is -2.57. The largest absolute Gasteiger partial charge is 0.497 e. The number of hydrogen-bond acceptors (Lipinski definition) is 4. The molecule has 1 unspecified atom stereocenters. The summed E-state index contributed by atoms with van der Waals surface area (Å²) in [6.07, 6.45) is 0.213. The number of amides is 1. The highest BCUT2D eigenvalue weighted by molar-refractivity contribution is 6.08. The Balaban J connectivity index is 2.14. The van der Waals surface area contributed by atoms with Crippen LogP contribution < -0.4 is 9.64 Å². The van der Waals surface area contributed by atoms with Crippen LogP contribution in [0.4, 0.5) is 5.69 Å². The van der Waals surface area contributed by atoms with Gasteiger partial charge in [0.2, 0.25) is 5.91 Å². The van der Waals surface area contributed by atoms with E-state index < -0.39 is 6.04 Å². The van der Waals surface area contributed by atoms with Crippen LogP contribution in [0.2, 0.25) is 0 Å². The van der Waals surface area contributed by atoms with E-state index in [0.717, 1.165) is 0 Å². The van der Waals surface area contributed by atoms with Crippen LogP contribution in [0.25, 0.3) is 0 Å². The Morgan fingerprint density at radius 2 is 2.06 bits per heavy atom. The average molecular weight is 249 g/mol. The van der Waals surface area contributed by atoms with Gasteiger partial charge in [-0.1, -0.05) is 0 Å². The molecule has 96 valence electrons. The molecule has 2 rings (SSSR count). The van der Waals surface area contributed by atoms with Gasteiger partial charge >= 0.3 is 5.97 Å². The smallest absolute Gasteiger partial charge is 0.329 e. The summed E-state index contributed by atoms with van der Waals surface area (Å²) >= 11 is 0. The van der Waals surface area contributed by atoms with Gasteiger partial charge in [-0.25, -0.2) is 4.79 Å². The first-order chi connectivity index (χ1) is 8.67. The molecule has 0 radical (unpaired) electrons. The Hall–Kier alpha value is -2.04. The maximum Gasteiger partial charge on any atom is 0.329 e. The molecule has 1 amide bonds. The first kappa shape index (κ1) is 12.4. The maximum absolute atomic E-state index is 11.6. The van der Waals surface area contributed by atoms with E-state index in [4.69, 9.17) is 9.47 Å². The normalized spacial score (nSPS) is 18.2. The molecule has 1 aromatic rings. The Kier molecular flexibility index (Phi) is 3.50. The maximum atomic E-state index is 11.6. The number of ether oxygens (including phenoxy) is 2. The van der Waals surface area contributed by atoms with Crippen LogP contribution in [-0.4, -0.2) is 31.6 Å². The topological polar surface area (TPSA) is 55.8 Å². The number of carbonyl (C=O) groups excluding carboxylic acids is 2. The zero-order valence-electron chi connectivity index (χ0n) is 10.4. The number of nitrogens with zero attached hydrogens (tertiary/aromatic N) is 1. The fourth-order valence-corrected chi connectivity index (χ4v) is 1.91. The van der Waals surface area contributed by atoms with Gasteiger partial charge in [-0.05, 0) is 31.2 Å². The highest BCUT2D eigenvalue weighted by Gasteiger charge is 2.43. The summed E-state index contributed by atoms with van der Waals surface area (Å²) in [6, 6.07) is 6.52. The molecule has 0 aromatic heterocycles. The number of esters is 1. The zero-order chi connectivity index (χ0) is 13.1. The van der Waals surface area contributed by atoms with Crippen molar-refractivity contribution in [2.45, 2.75) is 19.4 Å². The van der Waals surface area contributed by atoms with Crippen molar-refractivity contribution in [2.75, 3.05) is 18.6 Å². The molecular weight excluding hydrogens is 234 g/mol. The highest BCUT2D eigenvalue weighted by Crippen LogP contribution is 2.29. The third-order valence-electron chi connectivity index (χ3n) is 2.86. The van der Waals surface area contributed by atoms with Crippen LogP contribution in [0.3, 0.4) is 0 Å². The van der Waals surface area contributed by atoms with E-state index in [1.54, 1.807) is 38.3 Å². The van der Waals surface area contributed by atoms with Crippen molar-refractivity contribution in [3.05, 3.63) is 24.3 Å². The van der Waals surface area contributed by atoms with Gasteiger partial charge in [0.05, 0.1) is 20.1 Å². The Morgan fingerprint density at radius 3 is 2.56 bits per heavy atom. The van der Waals surface area contributed by atoms with E-state index in [1.807, 2.05) is 0 Å². The van der Waals surface area contributed by atoms with Crippen molar-refractivity contribution in [1.82, 2.24) is 0 Å². The van der Waals surface area contributed by atoms with E-state index in [1.165, 1.54) is 4.90 Å². The first-order valence-corrected chi connectivity index (χ1v) is 5.80. The van der Waals surface area contributed by atoms with Crippen LogP contribution in [-0.2, 0) is 14.3 Å². The van der Waals surface area contributed by atoms with Gasteiger partial charge in [0.1, 0.15) is 11.8 Å². The van der Waals surface area contributed by atoms with Gasteiger partial charge in [0, 0.05) is 5.69 Å². The second-order valence-corrected chi connectivity index (χ2v) is 3.93. The summed E-state index contributed by atoms with van der Waals surface area (Å²) in [7, 11) is 1.57. The van der Waals surface area contributed by atoms with Crippen molar-refractivity contribution in [3.63, 3.8) is 0 Å². The number of hydrogen-bond donors (Lipinski definition) is 0. The Morgan fingerprint density at radius 1 is 1.39 bits per heavy atom. The predicted octanol–water partition coefficient (Wildman–Crippen LogP) is 1.36. The molecule has 0 N–H and O–H groups in total. The standard InChI is InChI=1S/C13H15NO4/c1-3-18-13(16)11-8-12(15)14(11)9-4-6-10(17-2)7-5-9/h4-7,11H,3,8H2,1-2H3. The van der Waals surface area contributed by atoms with E-state index in [2.05, 4.69) is 0 Å². The van der Waals surface area contributed by atoms with Crippen LogP contribution >= 0.6 is 0 Å². The molecule has 0 bridgehead atoms. The summed E-state index contributed by atoms with van der Waals surface area (Å²) in [5.74, 6) is 0.283. The van der Waals surface area contributed by atoms with Crippen LogP contribution in [0.15, 0.2) is 24.3 Å². The number of β-lactam (4-membered cyclic amide) rings is 1. The molecule has 0 saturated carbocycles. The Labute approximate surface area is 105 Å². The van der Waals surface area contributed by atoms with E-state index in [0.29, 0.717) is 18.0 Å². The lowest BCUT2D eigenvalue weighted by atomic mass is 10.0. The molecule has 1 atom stereocenters. The number of benzene rings is 1. The lowest BCUT2D eigenvalue weighted by molar-refractivity contribution is -0.150. The second kappa shape index (κ2) is 5.08. The van der Waals surface area contributed by atoms with Crippen molar-refractivity contribution < 1.29 is 19.1 Å². The molecule has 0 aliphatic carbocycles. The van der Waals surface area contributed by atoms with Crippen molar-refractivity contribution in [3.8, 4) is 5.75 Å². The first-order valence-electron chi connectivity index (χ1n) is 5.80. The molecular formula is C13H15NO4. The van der Waals surface area contributed by atoms with Gasteiger partial charge in [-0.15, -0.1) is 0 Å². The molecule has 1 heterocycles. The highest BCUT2D eigenvalue weighted by atomic mass is 16.5. The summed E-state index contributed by atoms with van der Waals surface area (Å²) in [6.45, 7) is 2.07. The molecule has 1 aromatic carbocycles. The van der Waals surface area contributed by atoms with Crippen LogP contribution in [0, 0.1) is 0 Å². The van der Waals surface area contributed by atoms with Gasteiger partial charge in [0.25, 0.3) is 0 Å². The van der Waals surface area contributed by atoms with Gasteiger partial charge < -0.3 is 9.47 Å². The number of anilines is 1. The number of rotatable bonds is 4. The molecule has 1 saturated heterocycles. The second-order valence-electron chi connectivity index (χ2n) is 3.93. The molecule has 1 aliphatic rings. The molecule has 1 fully saturated rings. The van der Waals surface area contributed by atoms with Gasteiger partial charge in [0.15, 0.2) is 0 Å². The van der Waals surface area contributed by atoms with E-state index in [9.17, 15) is 9.59 Å². The fourth-order valence-electron chi connectivity index (χ4n) is 1.91. The SMILES string of the molecule is CCOC(=O)C1CC(=O)N1c1ccc(OC)cc1. The van der Waals surface area contributed by atoms with E-state index in [-0.39, 0.29) is 18.3 Å². The summed E-state index contributed by atoms with van der Waals surface area (Å²) in [5.41, 5.74) is 0.685. The van der Waals surface area contributed by atoms with Crippen molar-refractivity contribution in [2.24, 2.45) is 0 Å². The lowest BCUT2D eigenvalue weighted by Gasteiger charge is -2.38. The van der Waals surface area contributed by atoms with E-state index >= 15 is 0 Å². The summed E-state index contributed by atoms with van der Waals surface area (Å²) in [4.78, 5) is 24.7. The summed E-state index contributed by atoms with van der Waals surface area (Å²) in [5, 5.41) is 0. The third kappa shape index (κ3) is 2.16. The minimum Gasteiger partial charge on any atom is -0.497 e. The zero-order valence-corrected chi connectivity index (χ0v) is 10.4.